The van der Waals surface area contributed by atoms with E-state index in [0.717, 1.165) is 60.7 Å². The van der Waals surface area contributed by atoms with E-state index >= 15 is 0 Å². The van der Waals surface area contributed by atoms with E-state index in [4.69, 9.17) is 9.47 Å². The summed E-state index contributed by atoms with van der Waals surface area (Å²) in [6, 6.07) is 19.5. The summed E-state index contributed by atoms with van der Waals surface area (Å²) in [5, 5.41) is 0. The third kappa shape index (κ3) is 4.99. The van der Waals surface area contributed by atoms with Crippen molar-refractivity contribution in [2.45, 2.75) is 32.3 Å². The van der Waals surface area contributed by atoms with Crippen molar-refractivity contribution >= 4 is 11.8 Å². The summed E-state index contributed by atoms with van der Waals surface area (Å²) < 4.78 is 26.5. The fraction of sp³-hybridized carbons (Fsp3) is 0.308. The van der Waals surface area contributed by atoms with Crippen molar-refractivity contribution in [1.82, 2.24) is 0 Å². The molecule has 1 aliphatic carbocycles. The molecule has 4 rings (SSSR count). The number of thioether (sulfide) groups is 1. The summed E-state index contributed by atoms with van der Waals surface area (Å²) >= 11 is 1.84. The highest BCUT2D eigenvalue weighted by Crippen LogP contribution is 2.36. The fourth-order valence-corrected chi connectivity index (χ4v) is 4.30. The van der Waals surface area contributed by atoms with E-state index in [1.807, 2.05) is 54.2 Å². The van der Waals surface area contributed by atoms with Gasteiger partial charge in [-0.25, -0.2) is 4.39 Å². The molecule has 0 amide bonds. The molecule has 0 N–H and O–H groups in total. The van der Waals surface area contributed by atoms with Gasteiger partial charge in [0, 0.05) is 5.56 Å². The Labute approximate surface area is 182 Å². The van der Waals surface area contributed by atoms with Gasteiger partial charge in [-0.1, -0.05) is 24.3 Å². The van der Waals surface area contributed by atoms with Gasteiger partial charge in [-0.15, -0.1) is 0 Å². The van der Waals surface area contributed by atoms with Crippen LogP contribution in [0.4, 0.5) is 4.39 Å². The van der Waals surface area contributed by atoms with Crippen LogP contribution in [0.1, 0.15) is 29.5 Å². The summed E-state index contributed by atoms with van der Waals surface area (Å²) in [6.45, 7) is 0.956. The lowest BCUT2D eigenvalue weighted by molar-refractivity contribution is 0.300. The minimum atomic E-state index is -0.193. The Bertz CT molecular complexity index is 988. The average Bonchev–Trinajstić information content (AvgIpc) is 2.94. The van der Waals surface area contributed by atoms with Crippen LogP contribution in [0.5, 0.6) is 11.5 Å². The standard InChI is InChI=1S/C26H27FO2S/c1-30-14-6-13-28-23-11-12-24-19(15-23)7-5-8-20-17-26(27)21(16-25(20)24)18-29-22-9-3-2-4-10-22/h2-4,9-12,15-17H,5-8,13-14,18H2,1H3. The van der Waals surface area contributed by atoms with Gasteiger partial charge in [-0.05, 0) is 96.3 Å². The summed E-state index contributed by atoms with van der Waals surface area (Å²) in [5.41, 5.74) is 5.23. The van der Waals surface area contributed by atoms with Crippen LogP contribution in [-0.4, -0.2) is 18.6 Å². The van der Waals surface area contributed by atoms with Crippen molar-refractivity contribution < 1.29 is 13.9 Å². The predicted octanol–water partition coefficient (Wildman–Crippen LogP) is 6.69. The Morgan fingerprint density at radius 2 is 1.67 bits per heavy atom. The maximum atomic E-state index is 14.8. The molecule has 4 heteroatoms. The number of hydrogen-bond donors (Lipinski definition) is 0. The zero-order valence-electron chi connectivity index (χ0n) is 17.3. The van der Waals surface area contributed by atoms with Gasteiger partial charge in [-0.3, -0.25) is 0 Å². The highest BCUT2D eigenvalue weighted by atomic mass is 32.2. The maximum Gasteiger partial charge on any atom is 0.130 e. The van der Waals surface area contributed by atoms with Crippen LogP contribution in [0.2, 0.25) is 0 Å². The molecule has 0 aliphatic heterocycles. The Morgan fingerprint density at radius 3 is 2.47 bits per heavy atom. The molecule has 0 heterocycles. The van der Waals surface area contributed by atoms with Gasteiger partial charge in [0.05, 0.1) is 6.61 Å². The zero-order valence-corrected chi connectivity index (χ0v) is 18.1. The Hall–Kier alpha value is -2.46. The number of fused-ring (bicyclic) bond motifs is 3. The van der Waals surface area contributed by atoms with E-state index in [1.54, 1.807) is 6.07 Å². The van der Waals surface area contributed by atoms with Gasteiger partial charge in [0.1, 0.15) is 23.9 Å². The number of rotatable bonds is 8. The molecule has 156 valence electrons. The van der Waals surface area contributed by atoms with Crippen molar-refractivity contribution in [2.75, 3.05) is 18.6 Å². The monoisotopic (exact) mass is 422 g/mol. The normalized spacial score (nSPS) is 12.6. The van der Waals surface area contributed by atoms with Gasteiger partial charge in [0.2, 0.25) is 0 Å². The second-order valence-corrected chi connectivity index (χ2v) is 8.56. The molecule has 1 aliphatic rings. The lowest BCUT2D eigenvalue weighted by Gasteiger charge is -2.15. The van der Waals surface area contributed by atoms with E-state index in [2.05, 4.69) is 18.4 Å². The topological polar surface area (TPSA) is 18.5 Å². The minimum Gasteiger partial charge on any atom is -0.494 e. The van der Waals surface area contributed by atoms with Gasteiger partial charge in [0.15, 0.2) is 0 Å². The largest absolute Gasteiger partial charge is 0.494 e. The first kappa shape index (κ1) is 20.8. The molecule has 3 aromatic rings. The maximum absolute atomic E-state index is 14.8. The molecule has 3 aromatic carbocycles. The van der Waals surface area contributed by atoms with E-state index in [9.17, 15) is 4.39 Å². The zero-order chi connectivity index (χ0) is 20.8. The van der Waals surface area contributed by atoms with Gasteiger partial charge in [-0.2, -0.15) is 11.8 Å². The smallest absolute Gasteiger partial charge is 0.130 e. The first-order chi connectivity index (χ1) is 14.7. The molecule has 0 saturated carbocycles. The quantitative estimate of drug-likeness (QED) is 0.377. The van der Waals surface area contributed by atoms with Gasteiger partial charge < -0.3 is 9.47 Å². The van der Waals surface area contributed by atoms with Crippen molar-refractivity contribution in [3.63, 3.8) is 0 Å². The van der Waals surface area contributed by atoms with Crippen LogP contribution in [0.15, 0.2) is 60.7 Å². The molecule has 0 saturated heterocycles. The van der Waals surface area contributed by atoms with E-state index in [-0.39, 0.29) is 12.4 Å². The van der Waals surface area contributed by atoms with Crippen LogP contribution >= 0.6 is 11.8 Å². The van der Waals surface area contributed by atoms with Crippen molar-refractivity contribution in [3.8, 4) is 22.6 Å². The van der Waals surface area contributed by atoms with Crippen LogP contribution in [0.25, 0.3) is 11.1 Å². The Kier molecular flexibility index (Phi) is 6.96. The lowest BCUT2D eigenvalue weighted by Crippen LogP contribution is -2.02. The fourth-order valence-electron chi connectivity index (χ4n) is 3.90. The van der Waals surface area contributed by atoms with Crippen LogP contribution in [0.3, 0.4) is 0 Å². The molecule has 30 heavy (non-hydrogen) atoms. The van der Waals surface area contributed by atoms with Crippen LogP contribution < -0.4 is 9.47 Å². The SMILES string of the molecule is CSCCCOc1ccc2c(c1)CCCc1cc(F)c(COc3ccccc3)cc1-2. The van der Waals surface area contributed by atoms with Gasteiger partial charge >= 0.3 is 0 Å². The number of ether oxygens (including phenoxy) is 2. The number of aryl methyl sites for hydroxylation is 2. The molecule has 0 aromatic heterocycles. The molecule has 0 radical (unpaired) electrons. The lowest BCUT2D eigenvalue weighted by atomic mass is 9.94. The Morgan fingerprint density at radius 1 is 0.867 bits per heavy atom. The second kappa shape index (κ2) is 10.0. The van der Waals surface area contributed by atoms with Crippen molar-refractivity contribution in [2.24, 2.45) is 0 Å². The van der Waals surface area contributed by atoms with E-state index < -0.39 is 0 Å². The van der Waals surface area contributed by atoms with Crippen molar-refractivity contribution in [3.05, 3.63) is 83.2 Å². The minimum absolute atomic E-state index is 0.193. The average molecular weight is 423 g/mol. The molecule has 0 spiro atoms. The van der Waals surface area contributed by atoms with Crippen LogP contribution in [0, 0.1) is 5.82 Å². The second-order valence-electron chi connectivity index (χ2n) is 7.57. The first-order valence-electron chi connectivity index (χ1n) is 10.5. The van der Waals surface area contributed by atoms with Gasteiger partial charge in [0.25, 0.3) is 0 Å². The number of halogens is 1. The highest BCUT2D eigenvalue weighted by molar-refractivity contribution is 7.98. The molecule has 2 nitrogen and oxygen atoms in total. The van der Waals surface area contributed by atoms with Crippen molar-refractivity contribution in [1.29, 1.82) is 0 Å². The molecule has 0 atom stereocenters. The number of benzene rings is 3. The summed E-state index contributed by atoms with van der Waals surface area (Å²) in [4.78, 5) is 0. The molecular formula is C26H27FO2S. The molecule has 0 unspecified atom stereocenters. The summed E-state index contributed by atoms with van der Waals surface area (Å²) in [6.07, 6.45) is 6.02. The molecular weight excluding hydrogens is 395 g/mol. The first-order valence-corrected chi connectivity index (χ1v) is 11.9. The molecule has 0 fully saturated rings. The number of hydrogen-bond acceptors (Lipinski definition) is 3. The summed E-state index contributed by atoms with van der Waals surface area (Å²) in [5.74, 6) is 2.59. The predicted molar refractivity (Wildman–Crippen MR) is 123 cm³/mol. The highest BCUT2D eigenvalue weighted by Gasteiger charge is 2.18. The molecule has 0 bridgehead atoms. The third-order valence-corrected chi connectivity index (χ3v) is 6.13. The van der Waals surface area contributed by atoms with E-state index in [0.29, 0.717) is 5.56 Å². The van der Waals surface area contributed by atoms with E-state index in [1.165, 1.54) is 11.1 Å². The summed E-state index contributed by atoms with van der Waals surface area (Å²) in [7, 11) is 0. The number of para-hydroxylation sites is 1. The van der Waals surface area contributed by atoms with Crippen LogP contribution in [-0.2, 0) is 19.4 Å². The Balaban J connectivity index is 1.57. The third-order valence-electron chi connectivity index (χ3n) is 5.43.